The Labute approximate surface area is 148 Å². The van der Waals surface area contributed by atoms with Crippen LogP contribution in [0.3, 0.4) is 0 Å². The lowest BCUT2D eigenvalue weighted by atomic mass is 10.2. The minimum atomic E-state index is -0.800. The van der Waals surface area contributed by atoms with Crippen molar-refractivity contribution >= 4 is 23.3 Å². The van der Waals surface area contributed by atoms with Crippen molar-refractivity contribution in [3.63, 3.8) is 0 Å². The number of carbonyl (C=O) groups excluding carboxylic acids is 1. The maximum absolute atomic E-state index is 13.4. The first-order chi connectivity index (χ1) is 11.9. The fraction of sp³-hybridized carbons (Fsp3) is 0.235. The maximum Gasteiger partial charge on any atom is 0.319 e. The van der Waals surface area contributed by atoms with Gasteiger partial charge in [0, 0.05) is 17.2 Å². The van der Waals surface area contributed by atoms with Gasteiger partial charge < -0.3 is 20.1 Å². The Morgan fingerprint density at radius 2 is 1.96 bits per heavy atom. The van der Waals surface area contributed by atoms with E-state index in [2.05, 4.69) is 10.6 Å². The van der Waals surface area contributed by atoms with Crippen LogP contribution in [0.25, 0.3) is 0 Å². The predicted octanol–water partition coefficient (Wildman–Crippen LogP) is 4.14. The molecule has 0 saturated heterocycles. The largest absolute Gasteiger partial charge is 0.495 e. The lowest BCUT2D eigenvalue weighted by Gasteiger charge is -2.13. The Kier molecular flexibility index (Phi) is 6.41. The van der Waals surface area contributed by atoms with Crippen molar-refractivity contribution in [1.29, 1.82) is 0 Å². The minimum Gasteiger partial charge on any atom is -0.495 e. The smallest absolute Gasteiger partial charge is 0.319 e. The number of rotatable bonds is 6. The summed E-state index contributed by atoms with van der Waals surface area (Å²) >= 11 is 6.01. The van der Waals surface area contributed by atoms with Gasteiger partial charge in [-0.1, -0.05) is 11.6 Å². The van der Waals surface area contributed by atoms with Crippen LogP contribution in [0, 0.1) is 18.6 Å². The summed E-state index contributed by atoms with van der Waals surface area (Å²) < 4.78 is 36.5. The lowest BCUT2D eigenvalue weighted by Crippen LogP contribution is -2.32. The molecule has 0 aromatic heterocycles. The van der Waals surface area contributed by atoms with Gasteiger partial charge >= 0.3 is 6.03 Å². The molecule has 8 heteroatoms. The Morgan fingerprint density at radius 1 is 1.20 bits per heavy atom. The van der Waals surface area contributed by atoms with E-state index in [1.165, 1.54) is 13.2 Å². The van der Waals surface area contributed by atoms with Gasteiger partial charge in [0.05, 0.1) is 19.3 Å². The first kappa shape index (κ1) is 18.8. The second kappa shape index (κ2) is 8.53. The zero-order valence-corrected chi connectivity index (χ0v) is 14.4. The molecule has 0 aliphatic rings. The third kappa shape index (κ3) is 5.22. The van der Waals surface area contributed by atoms with E-state index < -0.39 is 17.7 Å². The summed E-state index contributed by atoms with van der Waals surface area (Å²) in [5, 5.41) is 5.72. The van der Waals surface area contributed by atoms with Crippen molar-refractivity contribution in [2.75, 3.05) is 25.6 Å². The number of amides is 2. The van der Waals surface area contributed by atoms with Gasteiger partial charge in [-0.25, -0.2) is 13.6 Å². The van der Waals surface area contributed by atoms with Crippen LogP contribution in [0.2, 0.25) is 5.02 Å². The Hall–Kier alpha value is -2.54. The average molecular weight is 371 g/mol. The van der Waals surface area contributed by atoms with E-state index in [4.69, 9.17) is 21.1 Å². The van der Waals surface area contributed by atoms with E-state index in [-0.39, 0.29) is 18.9 Å². The van der Waals surface area contributed by atoms with Crippen LogP contribution in [0.5, 0.6) is 11.5 Å². The van der Waals surface area contributed by atoms with Gasteiger partial charge in [-0.2, -0.15) is 0 Å². The molecular weight excluding hydrogens is 354 g/mol. The van der Waals surface area contributed by atoms with E-state index in [1.54, 1.807) is 19.1 Å². The molecule has 0 fully saturated rings. The van der Waals surface area contributed by atoms with Gasteiger partial charge in [0.25, 0.3) is 0 Å². The number of halogens is 3. The highest BCUT2D eigenvalue weighted by molar-refractivity contribution is 6.31. The maximum atomic E-state index is 13.4. The fourth-order valence-electron chi connectivity index (χ4n) is 2.01. The van der Waals surface area contributed by atoms with Crippen LogP contribution in [-0.2, 0) is 0 Å². The molecule has 2 amide bonds. The molecule has 2 N–H and O–H groups in total. The van der Waals surface area contributed by atoms with E-state index in [0.717, 1.165) is 17.7 Å². The fourth-order valence-corrected chi connectivity index (χ4v) is 2.17. The number of anilines is 1. The normalized spacial score (nSPS) is 10.3. The van der Waals surface area contributed by atoms with Crippen LogP contribution < -0.4 is 20.1 Å². The molecule has 2 aromatic carbocycles. The molecule has 0 spiro atoms. The molecule has 2 rings (SSSR count). The Morgan fingerprint density at radius 3 is 2.64 bits per heavy atom. The second-order valence-corrected chi connectivity index (χ2v) is 5.51. The van der Waals surface area contributed by atoms with Crippen LogP contribution >= 0.6 is 11.6 Å². The van der Waals surface area contributed by atoms with Crippen LogP contribution in [0.15, 0.2) is 30.3 Å². The SMILES string of the molecule is COc1cc(Cl)c(C)cc1NC(=O)NCCOc1ccc(F)cc1F. The molecule has 0 heterocycles. The summed E-state index contributed by atoms with van der Waals surface area (Å²) in [5.41, 5.74) is 1.25. The highest BCUT2D eigenvalue weighted by Crippen LogP contribution is 2.30. The third-order valence-electron chi connectivity index (χ3n) is 3.27. The molecule has 0 aliphatic carbocycles. The molecule has 0 atom stereocenters. The first-order valence-electron chi connectivity index (χ1n) is 7.37. The van der Waals surface area contributed by atoms with Crippen LogP contribution in [0.4, 0.5) is 19.3 Å². The zero-order valence-electron chi connectivity index (χ0n) is 13.7. The van der Waals surface area contributed by atoms with Gasteiger partial charge in [-0.05, 0) is 30.7 Å². The number of carbonyl (C=O) groups is 1. The van der Waals surface area contributed by atoms with Crippen LogP contribution in [0.1, 0.15) is 5.56 Å². The van der Waals surface area contributed by atoms with Crippen molar-refractivity contribution in [3.05, 3.63) is 52.6 Å². The van der Waals surface area contributed by atoms with Gasteiger partial charge in [-0.3, -0.25) is 0 Å². The summed E-state index contributed by atoms with van der Waals surface area (Å²) in [6.07, 6.45) is 0. The van der Waals surface area contributed by atoms with Gasteiger partial charge in [0.15, 0.2) is 11.6 Å². The molecule has 0 bridgehead atoms. The average Bonchev–Trinajstić information content (AvgIpc) is 2.56. The first-order valence-corrected chi connectivity index (χ1v) is 7.75. The van der Waals surface area contributed by atoms with Crippen molar-refractivity contribution in [3.8, 4) is 11.5 Å². The van der Waals surface area contributed by atoms with E-state index in [9.17, 15) is 13.6 Å². The Balaban J connectivity index is 1.84. The van der Waals surface area contributed by atoms with E-state index in [0.29, 0.717) is 16.5 Å². The van der Waals surface area contributed by atoms with Crippen LogP contribution in [-0.4, -0.2) is 26.3 Å². The number of hydrogen-bond donors (Lipinski definition) is 2. The summed E-state index contributed by atoms with van der Waals surface area (Å²) in [4.78, 5) is 11.9. The highest BCUT2D eigenvalue weighted by atomic mass is 35.5. The van der Waals surface area contributed by atoms with Gasteiger partial charge in [0.1, 0.15) is 18.2 Å². The molecule has 0 radical (unpaired) electrons. The van der Waals surface area contributed by atoms with Crippen molar-refractivity contribution in [2.24, 2.45) is 0 Å². The molecule has 0 unspecified atom stereocenters. The number of ether oxygens (including phenoxy) is 2. The number of urea groups is 1. The molecule has 134 valence electrons. The molecule has 25 heavy (non-hydrogen) atoms. The zero-order chi connectivity index (χ0) is 18.4. The van der Waals surface area contributed by atoms with E-state index in [1.807, 2.05) is 0 Å². The molecule has 0 aliphatic heterocycles. The Bertz CT molecular complexity index is 772. The lowest BCUT2D eigenvalue weighted by molar-refractivity contribution is 0.246. The van der Waals surface area contributed by atoms with Crippen molar-refractivity contribution < 1.29 is 23.0 Å². The van der Waals surface area contributed by atoms with Gasteiger partial charge in [-0.15, -0.1) is 0 Å². The summed E-state index contributed by atoms with van der Waals surface area (Å²) in [6.45, 7) is 1.94. The molecule has 5 nitrogen and oxygen atoms in total. The quantitative estimate of drug-likeness (QED) is 0.751. The predicted molar refractivity (Wildman–Crippen MR) is 91.6 cm³/mol. The number of nitrogens with one attached hydrogen (secondary N) is 2. The number of hydrogen-bond acceptors (Lipinski definition) is 3. The molecular formula is C17H17ClF2N2O3. The second-order valence-electron chi connectivity index (χ2n) is 5.11. The van der Waals surface area contributed by atoms with Crippen molar-refractivity contribution in [1.82, 2.24) is 5.32 Å². The highest BCUT2D eigenvalue weighted by Gasteiger charge is 2.10. The van der Waals surface area contributed by atoms with Crippen molar-refractivity contribution in [2.45, 2.75) is 6.92 Å². The number of methoxy groups -OCH3 is 1. The van der Waals surface area contributed by atoms with E-state index >= 15 is 0 Å². The summed E-state index contributed by atoms with van der Waals surface area (Å²) in [6, 6.07) is 5.81. The molecule has 0 saturated carbocycles. The topological polar surface area (TPSA) is 59.6 Å². The standard InChI is InChI=1S/C17H17ClF2N2O3/c1-10-7-14(16(24-2)9-12(10)18)22-17(23)21-5-6-25-15-4-3-11(19)8-13(15)20/h3-4,7-9H,5-6H2,1-2H3,(H2,21,22,23). The number of benzene rings is 2. The number of aryl methyl sites for hydroxylation is 1. The monoisotopic (exact) mass is 370 g/mol. The van der Waals surface area contributed by atoms with Gasteiger partial charge in [0.2, 0.25) is 0 Å². The summed E-state index contributed by atoms with van der Waals surface area (Å²) in [7, 11) is 1.47. The summed E-state index contributed by atoms with van der Waals surface area (Å²) in [5.74, 6) is -1.14. The molecule has 2 aromatic rings. The third-order valence-corrected chi connectivity index (χ3v) is 3.68. The minimum absolute atomic E-state index is 0.0206.